The van der Waals surface area contributed by atoms with Crippen molar-refractivity contribution in [3.63, 3.8) is 0 Å². The van der Waals surface area contributed by atoms with E-state index in [1.807, 2.05) is 12.1 Å². The number of hydrogen-bond acceptors (Lipinski definition) is 8. The molecule has 0 saturated carbocycles. The number of aliphatic imine (C=N–C) groups is 1. The molecule has 1 fully saturated rings. The van der Waals surface area contributed by atoms with Gasteiger partial charge in [-0.25, -0.2) is 14.0 Å². The average molecular weight is 572 g/mol. The van der Waals surface area contributed by atoms with Gasteiger partial charge in [-0.1, -0.05) is 0 Å². The maximum absolute atomic E-state index is 14.4. The third-order valence-electron chi connectivity index (χ3n) is 6.42. The number of alkyl carbamates (subject to hydrolysis) is 1. The third kappa shape index (κ3) is 10.4. The van der Waals surface area contributed by atoms with Crippen molar-refractivity contribution in [1.82, 2.24) is 10.2 Å². The molecule has 0 aliphatic carbocycles. The van der Waals surface area contributed by atoms with Gasteiger partial charge in [0.1, 0.15) is 29.0 Å². The van der Waals surface area contributed by atoms with Gasteiger partial charge in [-0.3, -0.25) is 10.7 Å². The summed E-state index contributed by atoms with van der Waals surface area (Å²) in [6, 6.07) is 11.3. The Bertz CT molecular complexity index is 1200. The second-order valence-electron chi connectivity index (χ2n) is 9.38. The van der Waals surface area contributed by atoms with E-state index in [1.165, 1.54) is 12.1 Å². The van der Waals surface area contributed by atoms with Crippen LogP contribution in [0, 0.1) is 17.1 Å². The lowest BCUT2D eigenvalue weighted by atomic mass is 9.98. The van der Waals surface area contributed by atoms with Crippen LogP contribution in [0.15, 0.2) is 47.5 Å². The van der Waals surface area contributed by atoms with Crippen LogP contribution in [0.25, 0.3) is 0 Å². The number of nitrogens with zero attached hydrogens (tertiary/aromatic N) is 2. The van der Waals surface area contributed by atoms with Gasteiger partial charge in [-0.2, -0.15) is 4.99 Å². The second kappa shape index (κ2) is 16.2. The molecule has 222 valence electrons. The number of halogens is 1. The Kier molecular flexibility index (Phi) is 12.4. The first-order valence-corrected chi connectivity index (χ1v) is 13.7. The second-order valence-corrected chi connectivity index (χ2v) is 9.38. The molecule has 0 atom stereocenters. The van der Waals surface area contributed by atoms with Crippen molar-refractivity contribution in [3.05, 3.63) is 59.4 Å². The summed E-state index contributed by atoms with van der Waals surface area (Å²) < 4.78 is 35.5. The summed E-state index contributed by atoms with van der Waals surface area (Å²) >= 11 is 0. The molecule has 0 bridgehead atoms. The minimum absolute atomic E-state index is 0.0422. The Morgan fingerprint density at radius 2 is 1.73 bits per heavy atom. The number of carbonyl (C=O) groups is 2. The van der Waals surface area contributed by atoms with E-state index in [2.05, 4.69) is 15.2 Å². The van der Waals surface area contributed by atoms with Crippen LogP contribution in [0.5, 0.6) is 11.5 Å². The maximum atomic E-state index is 14.4. The molecule has 0 radical (unpaired) electrons. The van der Waals surface area contributed by atoms with Crippen LogP contribution < -0.4 is 20.5 Å². The van der Waals surface area contributed by atoms with Crippen LogP contribution >= 0.6 is 0 Å². The van der Waals surface area contributed by atoms with Gasteiger partial charge in [0, 0.05) is 18.2 Å². The van der Waals surface area contributed by atoms with Gasteiger partial charge in [-0.15, -0.1) is 0 Å². The number of ether oxygens (including phenoxy) is 4. The Morgan fingerprint density at radius 3 is 2.39 bits per heavy atom. The highest BCUT2D eigenvalue weighted by atomic mass is 19.1. The fourth-order valence-electron chi connectivity index (χ4n) is 4.23. The number of carbonyl (C=O) groups excluding carboxylic acids is 2. The molecular formula is C29H38FN5O6. The van der Waals surface area contributed by atoms with E-state index in [-0.39, 0.29) is 30.4 Å². The van der Waals surface area contributed by atoms with Crippen LogP contribution in [0.1, 0.15) is 44.2 Å². The number of amidine groups is 2. The Morgan fingerprint density at radius 1 is 1.05 bits per heavy atom. The highest BCUT2D eigenvalue weighted by Gasteiger charge is 2.20. The monoisotopic (exact) mass is 571 g/mol. The molecule has 1 aliphatic rings. The average Bonchev–Trinajstić information content (AvgIpc) is 2.95. The van der Waals surface area contributed by atoms with Crippen LogP contribution in [-0.4, -0.2) is 74.8 Å². The van der Waals surface area contributed by atoms with Gasteiger partial charge in [-0.05, 0) is 88.5 Å². The molecule has 12 heteroatoms. The number of nitrogens with one attached hydrogen (secondary N) is 2. The third-order valence-corrected chi connectivity index (χ3v) is 6.42. The molecule has 2 aromatic rings. The predicted molar refractivity (Wildman–Crippen MR) is 152 cm³/mol. The minimum Gasteiger partial charge on any atom is -0.493 e. The number of hydrogen-bond donors (Lipinski definition) is 3. The Balaban J connectivity index is 1.32. The van der Waals surface area contributed by atoms with Crippen LogP contribution in [0.2, 0.25) is 0 Å². The minimum atomic E-state index is -0.800. The first-order chi connectivity index (χ1) is 19.8. The quantitative estimate of drug-likeness (QED) is 0.194. The zero-order chi connectivity index (χ0) is 29.6. The van der Waals surface area contributed by atoms with E-state index >= 15 is 0 Å². The van der Waals surface area contributed by atoms with Gasteiger partial charge in [0.25, 0.3) is 0 Å². The molecule has 1 heterocycles. The largest absolute Gasteiger partial charge is 0.493 e. The molecule has 2 aromatic carbocycles. The van der Waals surface area contributed by atoms with Crippen molar-refractivity contribution in [2.75, 3.05) is 46.1 Å². The summed E-state index contributed by atoms with van der Waals surface area (Å²) in [5.41, 5.74) is 6.43. The number of nitrogens with two attached hydrogens (primary N) is 1. The van der Waals surface area contributed by atoms with Crippen molar-refractivity contribution >= 4 is 23.9 Å². The van der Waals surface area contributed by atoms with Crippen molar-refractivity contribution in [1.29, 1.82) is 5.41 Å². The van der Waals surface area contributed by atoms with E-state index in [9.17, 15) is 14.0 Å². The molecule has 41 heavy (non-hydrogen) atoms. The lowest BCUT2D eigenvalue weighted by Gasteiger charge is -2.31. The lowest BCUT2D eigenvalue weighted by Crippen LogP contribution is -2.36. The lowest BCUT2D eigenvalue weighted by molar-refractivity contribution is 0.135. The first kappa shape index (κ1) is 31.3. The van der Waals surface area contributed by atoms with Gasteiger partial charge in [0.15, 0.2) is 0 Å². The maximum Gasteiger partial charge on any atom is 0.435 e. The molecule has 2 amide bonds. The summed E-state index contributed by atoms with van der Waals surface area (Å²) in [5, 5.41) is 10.0. The smallest absolute Gasteiger partial charge is 0.435 e. The zero-order valence-electron chi connectivity index (χ0n) is 23.5. The van der Waals surface area contributed by atoms with Gasteiger partial charge >= 0.3 is 12.2 Å². The highest BCUT2D eigenvalue weighted by Crippen LogP contribution is 2.21. The van der Waals surface area contributed by atoms with Gasteiger partial charge in [0.2, 0.25) is 0 Å². The van der Waals surface area contributed by atoms with Crippen LogP contribution in [0.4, 0.5) is 14.0 Å². The number of piperidine rings is 1. The number of benzene rings is 2. The van der Waals surface area contributed by atoms with E-state index in [0.29, 0.717) is 30.4 Å². The molecule has 1 aliphatic heterocycles. The predicted octanol–water partition coefficient (Wildman–Crippen LogP) is 4.32. The summed E-state index contributed by atoms with van der Waals surface area (Å²) in [7, 11) is 0. The normalized spacial score (nSPS) is 14.3. The van der Waals surface area contributed by atoms with Gasteiger partial charge < -0.3 is 29.6 Å². The highest BCUT2D eigenvalue weighted by molar-refractivity contribution is 6.04. The van der Waals surface area contributed by atoms with Crippen molar-refractivity contribution in [3.8, 4) is 11.5 Å². The molecule has 0 spiro atoms. The number of amides is 2. The Labute approximate surface area is 239 Å². The zero-order valence-corrected chi connectivity index (χ0v) is 23.5. The summed E-state index contributed by atoms with van der Waals surface area (Å²) in [4.78, 5) is 29.0. The van der Waals surface area contributed by atoms with Crippen LogP contribution in [-0.2, 0) is 9.47 Å². The van der Waals surface area contributed by atoms with E-state index in [1.54, 1.807) is 32.0 Å². The molecule has 0 unspecified atom stereocenters. The molecule has 11 nitrogen and oxygen atoms in total. The Hall–Kier alpha value is -4.19. The molecule has 1 saturated heterocycles. The molecule has 3 rings (SSSR count). The topological polar surface area (TPSA) is 149 Å². The standard InChI is InChI=1S/C29H38FN5O6/c1-3-38-28(36)33-26(31)21-6-8-22(9-7-21)41-19-20-12-15-35(16-13-20)14-5-17-40-23-10-11-24(25(30)18-23)27(32)34-29(37)39-4-2/h6-11,18,20H,3-5,12-17,19H2,1-2H3,(H2,31,33,36)(H2,32,34,37). The molecule has 4 N–H and O–H groups in total. The van der Waals surface area contributed by atoms with Crippen molar-refractivity contribution in [2.24, 2.45) is 16.6 Å². The van der Waals surface area contributed by atoms with Crippen LogP contribution in [0.3, 0.4) is 0 Å². The van der Waals surface area contributed by atoms with E-state index in [4.69, 9.17) is 30.1 Å². The van der Waals surface area contributed by atoms with Crippen molar-refractivity contribution in [2.45, 2.75) is 33.1 Å². The van der Waals surface area contributed by atoms with Gasteiger partial charge in [0.05, 0.1) is 32.0 Å². The number of likely N-dealkylation sites (tertiary alicyclic amines) is 1. The first-order valence-electron chi connectivity index (χ1n) is 13.7. The summed E-state index contributed by atoms with van der Waals surface area (Å²) in [6.45, 7) is 7.60. The molecule has 0 aromatic heterocycles. The SMILES string of the molecule is CCOC(=O)N=C(N)c1ccc(OCC2CCN(CCCOc3ccc(C(=N)NC(=O)OCC)c(F)c3)CC2)cc1. The summed E-state index contributed by atoms with van der Waals surface area (Å²) in [6.07, 6.45) is 1.33. The molecular weight excluding hydrogens is 533 g/mol. The summed E-state index contributed by atoms with van der Waals surface area (Å²) in [5.74, 6) is 0.622. The van der Waals surface area contributed by atoms with Crippen molar-refractivity contribution < 1.29 is 32.9 Å². The fourth-order valence-corrected chi connectivity index (χ4v) is 4.23. The number of rotatable bonds is 12. The van der Waals surface area contributed by atoms with E-state index < -0.39 is 18.0 Å². The van der Waals surface area contributed by atoms with E-state index in [0.717, 1.165) is 44.6 Å². The fraction of sp³-hybridized carbons (Fsp3) is 0.448.